The molecule has 0 saturated carbocycles. The van der Waals surface area contributed by atoms with E-state index in [0.717, 1.165) is 10.4 Å². The molecule has 2 heterocycles. The largest absolute Gasteiger partial charge is 0.408 e. The third-order valence-corrected chi connectivity index (χ3v) is 2.57. The van der Waals surface area contributed by atoms with E-state index in [1.54, 1.807) is 16.9 Å². The van der Waals surface area contributed by atoms with Crippen molar-refractivity contribution >= 4 is 0 Å². The molecule has 1 N–H and O–H groups in total. The standard InChI is InChI=1S/C11H14F3N5/c1-18-10(2-4-16-18)7-15-6-9-3-5-19(17-9)8-11(12,13)14/h2-5,15H,6-8H2,1H3. The van der Waals surface area contributed by atoms with Gasteiger partial charge >= 0.3 is 6.18 Å². The van der Waals surface area contributed by atoms with Gasteiger partial charge < -0.3 is 5.32 Å². The minimum absolute atomic E-state index is 0.413. The highest BCUT2D eigenvalue weighted by Crippen LogP contribution is 2.16. The molecule has 0 fully saturated rings. The van der Waals surface area contributed by atoms with E-state index in [9.17, 15) is 13.2 Å². The first kappa shape index (κ1) is 13.6. The summed E-state index contributed by atoms with van der Waals surface area (Å²) in [6.07, 6.45) is -1.23. The number of hydrogen-bond donors (Lipinski definition) is 1. The summed E-state index contributed by atoms with van der Waals surface area (Å²) >= 11 is 0. The van der Waals surface area contributed by atoms with Crippen molar-refractivity contribution < 1.29 is 13.2 Å². The predicted octanol–water partition coefficient (Wildman–Crippen LogP) is 1.47. The van der Waals surface area contributed by atoms with E-state index in [0.29, 0.717) is 18.8 Å². The van der Waals surface area contributed by atoms with Crippen LogP contribution in [0.1, 0.15) is 11.4 Å². The molecule has 0 spiro atoms. The quantitative estimate of drug-likeness (QED) is 0.897. The molecule has 5 nitrogen and oxygen atoms in total. The van der Waals surface area contributed by atoms with Crippen LogP contribution in [-0.2, 0) is 26.7 Å². The van der Waals surface area contributed by atoms with Crippen LogP contribution in [0.5, 0.6) is 0 Å². The van der Waals surface area contributed by atoms with Gasteiger partial charge in [-0.05, 0) is 12.1 Å². The monoisotopic (exact) mass is 273 g/mol. The zero-order valence-electron chi connectivity index (χ0n) is 10.4. The number of aromatic nitrogens is 4. The summed E-state index contributed by atoms with van der Waals surface area (Å²) in [5.41, 5.74) is 1.57. The number of alkyl halides is 3. The Morgan fingerprint density at radius 1 is 1.26 bits per heavy atom. The molecule has 2 aromatic rings. The molecule has 0 radical (unpaired) electrons. The first-order chi connectivity index (χ1) is 8.94. The van der Waals surface area contributed by atoms with Crippen LogP contribution in [-0.4, -0.2) is 25.7 Å². The van der Waals surface area contributed by atoms with Crippen molar-refractivity contribution in [3.8, 4) is 0 Å². The summed E-state index contributed by atoms with van der Waals surface area (Å²) in [6.45, 7) is -0.0621. The SMILES string of the molecule is Cn1nccc1CNCc1ccn(CC(F)(F)F)n1. The second kappa shape index (κ2) is 5.43. The Morgan fingerprint density at radius 2 is 2.05 bits per heavy atom. The Kier molecular flexibility index (Phi) is 3.89. The summed E-state index contributed by atoms with van der Waals surface area (Å²) in [5, 5.41) is 11.0. The summed E-state index contributed by atoms with van der Waals surface area (Å²) in [6, 6.07) is 3.44. The van der Waals surface area contributed by atoms with Gasteiger partial charge in [-0.25, -0.2) is 0 Å². The van der Waals surface area contributed by atoms with Crippen molar-refractivity contribution in [3.63, 3.8) is 0 Å². The van der Waals surface area contributed by atoms with Gasteiger partial charge in [-0.2, -0.15) is 23.4 Å². The first-order valence-corrected chi connectivity index (χ1v) is 5.71. The van der Waals surface area contributed by atoms with Crippen LogP contribution in [0.15, 0.2) is 24.5 Å². The highest BCUT2D eigenvalue weighted by molar-refractivity contribution is 5.02. The van der Waals surface area contributed by atoms with E-state index in [1.807, 2.05) is 13.1 Å². The van der Waals surface area contributed by atoms with E-state index in [-0.39, 0.29) is 0 Å². The normalized spacial score (nSPS) is 12.0. The van der Waals surface area contributed by atoms with Gasteiger partial charge in [0.05, 0.1) is 11.4 Å². The Balaban J connectivity index is 1.82. The molecule has 0 saturated heterocycles. The van der Waals surface area contributed by atoms with Gasteiger partial charge in [-0.15, -0.1) is 0 Å². The molecule has 0 unspecified atom stereocenters. The topological polar surface area (TPSA) is 47.7 Å². The average molecular weight is 273 g/mol. The fourth-order valence-electron chi connectivity index (χ4n) is 1.66. The molecule has 0 aromatic carbocycles. The van der Waals surface area contributed by atoms with Gasteiger partial charge in [0, 0.05) is 32.5 Å². The first-order valence-electron chi connectivity index (χ1n) is 5.71. The lowest BCUT2D eigenvalue weighted by Gasteiger charge is -2.06. The van der Waals surface area contributed by atoms with E-state index >= 15 is 0 Å². The van der Waals surface area contributed by atoms with Crippen molar-refractivity contribution in [1.82, 2.24) is 24.9 Å². The lowest BCUT2D eigenvalue weighted by Crippen LogP contribution is -2.19. The molecule has 2 aromatic heterocycles. The van der Waals surface area contributed by atoms with Crippen LogP contribution in [0.2, 0.25) is 0 Å². The van der Waals surface area contributed by atoms with Gasteiger partial charge in [0.2, 0.25) is 0 Å². The minimum atomic E-state index is -4.24. The Labute approximate surface area is 108 Å². The number of halogens is 3. The van der Waals surface area contributed by atoms with Crippen LogP contribution >= 0.6 is 0 Å². The Hall–Kier alpha value is -1.83. The van der Waals surface area contributed by atoms with Gasteiger partial charge in [-0.3, -0.25) is 9.36 Å². The van der Waals surface area contributed by atoms with Crippen LogP contribution in [0.25, 0.3) is 0 Å². The molecule has 0 aliphatic heterocycles. The Morgan fingerprint density at radius 3 is 2.68 bits per heavy atom. The molecular formula is C11H14F3N5. The second-order valence-corrected chi connectivity index (χ2v) is 4.17. The molecule has 0 atom stereocenters. The third-order valence-electron chi connectivity index (χ3n) is 2.57. The molecular weight excluding hydrogens is 259 g/mol. The van der Waals surface area contributed by atoms with Gasteiger partial charge in [-0.1, -0.05) is 0 Å². The second-order valence-electron chi connectivity index (χ2n) is 4.17. The van der Waals surface area contributed by atoms with Crippen LogP contribution < -0.4 is 5.32 Å². The van der Waals surface area contributed by atoms with Crippen LogP contribution in [0.4, 0.5) is 13.2 Å². The van der Waals surface area contributed by atoms with Crippen molar-refractivity contribution in [2.75, 3.05) is 0 Å². The van der Waals surface area contributed by atoms with Crippen molar-refractivity contribution in [3.05, 3.63) is 35.9 Å². The third kappa shape index (κ3) is 4.09. The lowest BCUT2D eigenvalue weighted by molar-refractivity contribution is -0.142. The number of aryl methyl sites for hydroxylation is 1. The van der Waals surface area contributed by atoms with Gasteiger partial charge in [0.25, 0.3) is 0 Å². The maximum absolute atomic E-state index is 12.1. The molecule has 104 valence electrons. The van der Waals surface area contributed by atoms with Crippen molar-refractivity contribution in [2.45, 2.75) is 25.8 Å². The van der Waals surface area contributed by atoms with E-state index in [1.165, 1.54) is 6.20 Å². The minimum Gasteiger partial charge on any atom is -0.305 e. The molecule has 8 heteroatoms. The maximum Gasteiger partial charge on any atom is 0.408 e. The zero-order chi connectivity index (χ0) is 13.9. The highest BCUT2D eigenvalue weighted by atomic mass is 19.4. The molecule has 0 aliphatic carbocycles. The van der Waals surface area contributed by atoms with E-state index in [4.69, 9.17) is 0 Å². The molecule has 0 bridgehead atoms. The van der Waals surface area contributed by atoms with Gasteiger partial charge in [0.1, 0.15) is 6.54 Å². The summed E-state index contributed by atoms with van der Waals surface area (Å²) < 4.78 is 39.1. The van der Waals surface area contributed by atoms with Crippen molar-refractivity contribution in [1.29, 1.82) is 0 Å². The summed E-state index contributed by atoms with van der Waals surface area (Å²) in [4.78, 5) is 0. The number of nitrogens with zero attached hydrogens (tertiary/aromatic N) is 4. The summed E-state index contributed by atoms with van der Waals surface area (Å²) in [5.74, 6) is 0. The number of rotatable bonds is 5. The fourth-order valence-corrected chi connectivity index (χ4v) is 1.66. The number of hydrogen-bond acceptors (Lipinski definition) is 3. The van der Waals surface area contributed by atoms with Crippen molar-refractivity contribution in [2.24, 2.45) is 7.05 Å². The molecule has 2 rings (SSSR count). The molecule has 19 heavy (non-hydrogen) atoms. The summed E-state index contributed by atoms with van der Waals surface area (Å²) in [7, 11) is 1.83. The highest BCUT2D eigenvalue weighted by Gasteiger charge is 2.28. The fraction of sp³-hybridized carbons (Fsp3) is 0.455. The van der Waals surface area contributed by atoms with Gasteiger partial charge in [0.15, 0.2) is 0 Å². The maximum atomic E-state index is 12.1. The van der Waals surface area contributed by atoms with Crippen LogP contribution in [0.3, 0.4) is 0 Å². The average Bonchev–Trinajstić information content (AvgIpc) is 2.87. The lowest BCUT2D eigenvalue weighted by atomic mass is 10.4. The predicted molar refractivity (Wildman–Crippen MR) is 62.0 cm³/mol. The number of nitrogens with one attached hydrogen (secondary N) is 1. The van der Waals surface area contributed by atoms with E-state index in [2.05, 4.69) is 15.5 Å². The molecule has 0 aliphatic rings. The van der Waals surface area contributed by atoms with E-state index < -0.39 is 12.7 Å². The zero-order valence-corrected chi connectivity index (χ0v) is 10.4. The Bertz CT molecular complexity index is 528. The smallest absolute Gasteiger partial charge is 0.305 e. The molecule has 0 amide bonds. The van der Waals surface area contributed by atoms with Crippen LogP contribution in [0, 0.1) is 0 Å².